The summed E-state index contributed by atoms with van der Waals surface area (Å²) in [4.78, 5) is 23.1. The fourth-order valence-electron chi connectivity index (χ4n) is 1.51. The maximum Gasteiger partial charge on any atom is 0.328 e. The average molecular weight is 258 g/mol. The van der Waals surface area contributed by atoms with Gasteiger partial charge < -0.3 is 15.4 Å². The lowest BCUT2D eigenvalue weighted by atomic mass is 10.0. The van der Waals surface area contributed by atoms with Crippen LogP contribution in [0.5, 0.6) is 0 Å². The van der Waals surface area contributed by atoms with Gasteiger partial charge in [-0.15, -0.1) is 0 Å². The molecule has 0 rings (SSSR count). The molecule has 5 heteroatoms. The van der Waals surface area contributed by atoms with Crippen molar-refractivity contribution in [1.82, 2.24) is 10.6 Å². The van der Waals surface area contributed by atoms with E-state index in [1.165, 1.54) is 7.11 Å². The van der Waals surface area contributed by atoms with E-state index in [-0.39, 0.29) is 11.8 Å². The molecule has 0 saturated heterocycles. The molecule has 1 atom stereocenters. The van der Waals surface area contributed by atoms with E-state index in [0.29, 0.717) is 12.5 Å². The van der Waals surface area contributed by atoms with Crippen LogP contribution in [0, 0.1) is 5.92 Å². The SMILES string of the molecule is COC(=O)[C@@H](NC(=O)CCCNC(C)C)C(C)C. The Kier molecular flexibility index (Phi) is 8.37. The highest BCUT2D eigenvalue weighted by Gasteiger charge is 2.24. The molecule has 0 aromatic carbocycles. The van der Waals surface area contributed by atoms with Crippen molar-refractivity contribution in [2.45, 2.75) is 52.6 Å². The van der Waals surface area contributed by atoms with Gasteiger partial charge in [-0.1, -0.05) is 27.7 Å². The van der Waals surface area contributed by atoms with Gasteiger partial charge in [-0.05, 0) is 18.9 Å². The number of hydrogen-bond donors (Lipinski definition) is 2. The second-order valence-electron chi connectivity index (χ2n) is 5.02. The van der Waals surface area contributed by atoms with Crippen LogP contribution in [-0.2, 0) is 14.3 Å². The van der Waals surface area contributed by atoms with E-state index in [9.17, 15) is 9.59 Å². The largest absolute Gasteiger partial charge is 0.467 e. The summed E-state index contributed by atoms with van der Waals surface area (Å²) in [7, 11) is 1.33. The smallest absolute Gasteiger partial charge is 0.328 e. The summed E-state index contributed by atoms with van der Waals surface area (Å²) in [6, 6.07) is -0.132. The zero-order chi connectivity index (χ0) is 14.1. The third-order valence-electron chi connectivity index (χ3n) is 2.57. The molecule has 0 aromatic rings. The molecule has 0 aromatic heterocycles. The van der Waals surface area contributed by atoms with E-state index in [4.69, 9.17) is 0 Å². The van der Waals surface area contributed by atoms with Gasteiger partial charge in [-0.3, -0.25) is 4.79 Å². The van der Waals surface area contributed by atoms with Gasteiger partial charge in [0.2, 0.25) is 5.91 Å². The van der Waals surface area contributed by atoms with E-state index in [0.717, 1.165) is 13.0 Å². The molecule has 106 valence electrons. The van der Waals surface area contributed by atoms with Crippen LogP contribution in [0.1, 0.15) is 40.5 Å². The Labute approximate surface area is 110 Å². The van der Waals surface area contributed by atoms with E-state index in [1.54, 1.807) is 0 Å². The fraction of sp³-hybridized carbons (Fsp3) is 0.846. The highest BCUT2D eigenvalue weighted by molar-refractivity contribution is 5.84. The number of rotatable bonds is 8. The summed E-state index contributed by atoms with van der Waals surface area (Å²) in [6.07, 6.45) is 1.18. The Morgan fingerprint density at radius 1 is 1.17 bits per heavy atom. The molecule has 5 nitrogen and oxygen atoms in total. The van der Waals surface area contributed by atoms with E-state index in [1.807, 2.05) is 13.8 Å². The van der Waals surface area contributed by atoms with Gasteiger partial charge in [0.25, 0.3) is 0 Å². The maximum atomic E-state index is 11.7. The lowest BCUT2D eigenvalue weighted by Gasteiger charge is -2.19. The normalized spacial score (nSPS) is 12.6. The van der Waals surface area contributed by atoms with Crippen LogP contribution in [0.15, 0.2) is 0 Å². The Bertz CT molecular complexity index is 265. The summed E-state index contributed by atoms with van der Waals surface area (Å²) in [5, 5.41) is 5.95. The summed E-state index contributed by atoms with van der Waals surface area (Å²) < 4.78 is 4.67. The number of hydrogen-bond acceptors (Lipinski definition) is 4. The number of carbonyl (C=O) groups is 2. The Hall–Kier alpha value is -1.10. The second kappa shape index (κ2) is 8.91. The third kappa shape index (κ3) is 7.27. The van der Waals surface area contributed by atoms with Gasteiger partial charge in [0.05, 0.1) is 7.11 Å². The summed E-state index contributed by atoms with van der Waals surface area (Å²) in [5.41, 5.74) is 0. The zero-order valence-electron chi connectivity index (χ0n) is 12.1. The molecular weight excluding hydrogens is 232 g/mol. The molecule has 0 aliphatic heterocycles. The number of nitrogens with one attached hydrogen (secondary N) is 2. The molecule has 1 amide bonds. The van der Waals surface area contributed by atoms with Gasteiger partial charge >= 0.3 is 5.97 Å². The summed E-state index contributed by atoms with van der Waals surface area (Å²) in [5.74, 6) is -0.474. The first-order valence-electron chi connectivity index (χ1n) is 6.49. The number of methoxy groups -OCH3 is 1. The maximum absolute atomic E-state index is 11.7. The topological polar surface area (TPSA) is 67.4 Å². The van der Waals surface area contributed by atoms with Gasteiger partial charge in [-0.2, -0.15) is 0 Å². The van der Waals surface area contributed by atoms with E-state index >= 15 is 0 Å². The van der Waals surface area contributed by atoms with Crippen molar-refractivity contribution < 1.29 is 14.3 Å². The van der Waals surface area contributed by atoms with Crippen LogP contribution >= 0.6 is 0 Å². The molecule has 2 N–H and O–H groups in total. The van der Waals surface area contributed by atoms with E-state index in [2.05, 4.69) is 29.2 Å². The Balaban J connectivity index is 4.00. The van der Waals surface area contributed by atoms with Crippen LogP contribution in [0.25, 0.3) is 0 Å². The van der Waals surface area contributed by atoms with Crippen molar-refractivity contribution in [3.63, 3.8) is 0 Å². The zero-order valence-corrected chi connectivity index (χ0v) is 12.1. The number of carbonyl (C=O) groups excluding carboxylic acids is 2. The Morgan fingerprint density at radius 3 is 2.22 bits per heavy atom. The minimum absolute atomic E-state index is 0.0233. The first kappa shape index (κ1) is 16.9. The van der Waals surface area contributed by atoms with Crippen LogP contribution in [0.4, 0.5) is 0 Å². The van der Waals surface area contributed by atoms with Crippen molar-refractivity contribution >= 4 is 11.9 Å². The highest BCUT2D eigenvalue weighted by Crippen LogP contribution is 2.04. The van der Waals surface area contributed by atoms with Crippen molar-refractivity contribution in [2.24, 2.45) is 5.92 Å². The molecule has 0 aliphatic carbocycles. The number of ether oxygens (including phenoxy) is 1. The van der Waals surface area contributed by atoms with Gasteiger partial charge in [0.1, 0.15) is 6.04 Å². The minimum Gasteiger partial charge on any atom is -0.467 e. The summed E-state index contributed by atoms with van der Waals surface area (Å²) >= 11 is 0. The first-order chi connectivity index (χ1) is 8.38. The van der Waals surface area contributed by atoms with Gasteiger partial charge in [0.15, 0.2) is 0 Å². The predicted octanol–water partition coefficient (Wildman–Crippen LogP) is 1.08. The van der Waals surface area contributed by atoms with E-state index < -0.39 is 12.0 Å². The molecule has 0 aliphatic rings. The molecular formula is C13H26N2O3. The van der Waals surface area contributed by atoms with Crippen molar-refractivity contribution in [1.29, 1.82) is 0 Å². The first-order valence-corrected chi connectivity index (χ1v) is 6.49. The Morgan fingerprint density at radius 2 is 1.78 bits per heavy atom. The fourth-order valence-corrected chi connectivity index (χ4v) is 1.51. The van der Waals surface area contributed by atoms with Crippen LogP contribution < -0.4 is 10.6 Å². The van der Waals surface area contributed by atoms with Crippen LogP contribution in [-0.4, -0.2) is 37.6 Å². The van der Waals surface area contributed by atoms with Gasteiger partial charge in [0, 0.05) is 12.5 Å². The lowest BCUT2D eigenvalue weighted by Crippen LogP contribution is -2.45. The molecule has 0 radical (unpaired) electrons. The molecule has 18 heavy (non-hydrogen) atoms. The predicted molar refractivity (Wildman–Crippen MR) is 71.2 cm³/mol. The molecule has 0 unspecified atom stereocenters. The third-order valence-corrected chi connectivity index (χ3v) is 2.57. The molecule has 0 bridgehead atoms. The standard InChI is InChI=1S/C13H26N2O3/c1-9(2)12(13(17)18-5)15-11(16)7-6-8-14-10(3)4/h9-10,12,14H,6-8H2,1-5H3,(H,15,16)/t12-/m0/s1. The summed E-state index contributed by atoms with van der Waals surface area (Å²) in [6.45, 7) is 8.68. The lowest BCUT2D eigenvalue weighted by molar-refractivity contribution is -0.146. The molecule has 0 saturated carbocycles. The molecule has 0 heterocycles. The number of amides is 1. The quantitative estimate of drug-likeness (QED) is 0.505. The van der Waals surface area contributed by atoms with Crippen LogP contribution in [0.2, 0.25) is 0 Å². The average Bonchev–Trinajstić information content (AvgIpc) is 2.30. The van der Waals surface area contributed by atoms with Crippen LogP contribution in [0.3, 0.4) is 0 Å². The van der Waals surface area contributed by atoms with Crippen molar-refractivity contribution in [3.05, 3.63) is 0 Å². The molecule has 0 fully saturated rings. The minimum atomic E-state index is -0.555. The monoisotopic (exact) mass is 258 g/mol. The van der Waals surface area contributed by atoms with Crippen molar-refractivity contribution in [2.75, 3.05) is 13.7 Å². The molecule has 0 spiro atoms. The second-order valence-corrected chi connectivity index (χ2v) is 5.02. The number of esters is 1. The highest BCUT2D eigenvalue weighted by atomic mass is 16.5. The van der Waals surface area contributed by atoms with Crippen molar-refractivity contribution in [3.8, 4) is 0 Å². The van der Waals surface area contributed by atoms with Gasteiger partial charge in [-0.25, -0.2) is 4.79 Å².